The number of thioether (sulfide) groups is 1. The first-order valence-electron chi connectivity index (χ1n) is 5.36. The Morgan fingerprint density at radius 3 is 2.76 bits per heavy atom. The molecule has 1 fully saturated rings. The van der Waals surface area contributed by atoms with Crippen molar-refractivity contribution in [2.24, 2.45) is 5.92 Å². The Morgan fingerprint density at radius 1 is 1.59 bits per heavy atom. The SMILES string of the molecule is CCC1=C(C(=O)OC)N2C(=O)C(C)C2SC1.[V]. The van der Waals surface area contributed by atoms with Crippen molar-refractivity contribution in [3.05, 3.63) is 11.3 Å². The van der Waals surface area contributed by atoms with Crippen LogP contribution in [0.1, 0.15) is 20.3 Å². The molecule has 0 aliphatic carbocycles. The molecule has 17 heavy (non-hydrogen) atoms. The van der Waals surface area contributed by atoms with E-state index < -0.39 is 0 Å². The zero-order valence-electron chi connectivity index (χ0n) is 10.1. The predicted molar refractivity (Wildman–Crippen MR) is 61.6 cm³/mol. The Morgan fingerprint density at radius 2 is 2.24 bits per heavy atom. The summed E-state index contributed by atoms with van der Waals surface area (Å²) in [6, 6.07) is 0. The number of β-lactam (4-membered cyclic amide) rings is 1. The maximum atomic E-state index is 11.8. The number of ether oxygens (including phenoxy) is 1. The quantitative estimate of drug-likeness (QED) is 0.570. The molecule has 2 atom stereocenters. The monoisotopic (exact) mass is 292 g/mol. The number of hydrogen-bond donors (Lipinski definition) is 0. The zero-order valence-corrected chi connectivity index (χ0v) is 12.3. The van der Waals surface area contributed by atoms with Crippen LogP contribution >= 0.6 is 11.8 Å². The Hall–Kier alpha value is -0.386. The minimum Gasteiger partial charge on any atom is -0.464 e. The van der Waals surface area contributed by atoms with E-state index in [9.17, 15) is 9.59 Å². The Bertz CT molecular complexity index is 383. The van der Waals surface area contributed by atoms with Crippen molar-refractivity contribution < 1.29 is 32.9 Å². The number of fused-ring (bicyclic) bond motifs is 1. The maximum Gasteiger partial charge on any atom is 0.354 e. The fourth-order valence-electron chi connectivity index (χ4n) is 2.10. The van der Waals surface area contributed by atoms with Crippen LogP contribution in [0.4, 0.5) is 0 Å². The van der Waals surface area contributed by atoms with E-state index in [1.165, 1.54) is 7.11 Å². The number of carbonyl (C=O) groups is 2. The normalized spacial score (nSPS) is 27.0. The smallest absolute Gasteiger partial charge is 0.354 e. The van der Waals surface area contributed by atoms with Gasteiger partial charge in [-0.15, -0.1) is 11.8 Å². The van der Waals surface area contributed by atoms with Crippen LogP contribution in [0.5, 0.6) is 0 Å². The van der Waals surface area contributed by atoms with Crippen molar-refractivity contribution >= 4 is 23.6 Å². The molecule has 1 saturated heterocycles. The van der Waals surface area contributed by atoms with Gasteiger partial charge in [-0.3, -0.25) is 9.69 Å². The van der Waals surface area contributed by atoms with Gasteiger partial charge in [0.1, 0.15) is 5.70 Å². The molecule has 2 heterocycles. The third kappa shape index (κ3) is 2.16. The molecular weight excluding hydrogens is 277 g/mol. The van der Waals surface area contributed by atoms with Gasteiger partial charge in [0.2, 0.25) is 5.91 Å². The zero-order chi connectivity index (χ0) is 11.9. The molecule has 93 valence electrons. The number of nitrogens with zero attached hydrogens (tertiary/aromatic N) is 1. The van der Waals surface area contributed by atoms with Crippen LogP contribution in [0.2, 0.25) is 0 Å². The maximum absolute atomic E-state index is 11.8. The molecule has 6 heteroatoms. The molecular formula is C11H15NO3SV. The van der Waals surface area contributed by atoms with Crippen molar-refractivity contribution in [1.82, 2.24) is 4.90 Å². The second-order valence-electron chi connectivity index (χ2n) is 4.00. The van der Waals surface area contributed by atoms with Gasteiger partial charge in [-0.25, -0.2) is 4.79 Å². The minimum atomic E-state index is -0.387. The Labute approximate surface area is 117 Å². The van der Waals surface area contributed by atoms with Crippen molar-refractivity contribution in [2.45, 2.75) is 25.6 Å². The molecule has 2 aliphatic rings. The molecule has 1 radical (unpaired) electrons. The van der Waals surface area contributed by atoms with Gasteiger partial charge in [-0.05, 0) is 12.0 Å². The van der Waals surface area contributed by atoms with E-state index in [1.54, 1.807) is 16.7 Å². The summed E-state index contributed by atoms with van der Waals surface area (Å²) in [6.07, 6.45) is 0.780. The molecule has 2 aliphatic heterocycles. The largest absolute Gasteiger partial charge is 0.464 e. The number of methoxy groups -OCH3 is 1. The summed E-state index contributed by atoms with van der Waals surface area (Å²) in [6.45, 7) is 3.90. The second kappa shape index (κ2) is 5.50. The molecule has 1 amide bonds. The van der Waals surface area contributed by atoms with Gasteiger partial charge < -0.3 is 4.74 Å². The van der Waals surface area contributed by atoms with Gasteiger partial charge in [-0.1, -0.05) is 13.8 Å². The third-order valence-corrected chi connectivity index (χ3v) is 4.59. The summed E-state index contributed by atoms with van der Waals surface area (Å²) in [7, 11) is 1.35. The molecule has 4 nitrogen and oxygen atoms in total. The third-order valence-electron chi connectivity index (χ3n) is 3.12. The number of amides is 1. The van der Waals surface area contributed by atoms with Crippen LogP contribution in [0.15, 0.2) is 11.3 Å². The number of rotatable bonds is 2. The molecule has 0 N–H and O–H groups in total. The van der Waals surface area contributed by atoms with Crippen LogP contribution in [-0.4, -0.2) is 35.0 Å². The number of carbonyl (C=O) groups excluding carboxylic acids is 2. The van der Waals surface area contributed by atoms with Gasteiger partial charge >= 0.3 is 5.97 Å². The van der Waals surface area contributed by atoms with E-state index in [4.69, 9.17) is 4.74 Å². The average molecular weight is 292 g/mol. The van der Waals surface area contributed by atoms with Crippen molar-refractivity contribution in [3.63, 3.8) is 0 Å². The van der Waals surface area contributed by atoms with Crippen LogP contribution in [0, 0.1) is 5.92 Å². The Kier molecular flexibility index (Phi) is 4.75. The summed E-state index contributed by atoms with van der Waals surface area (Å²) in [4.78, 5) is 25.1. The van der Waals surface area contributed by atoms with E-state index in [1.807, 2.05) is 13.8 Å². The minimum absolute atomic E-state index is 0. The fourth-order valence-corrected chi connectivity index (χ4v) is 3.57. The summed E-state index contributed by atoms with van der Waals surface area (Å²) in [5, 5.41) is 0.122. The standard InChI is InChI=1S/C11H15NO3S.V/c1-4-7-5-16-10-6(2)9(13)12(10)8(7)11(14)15-3;/h6,10H,4-5H2,1-3H3;. The molecule has 0 aromatic rings. The van der Waals surface area contributed by atoms with Gasteiger partial charge in [-0.2, -0.15) is 0 Å². The number of hydrogen-bond acceptors (Lipinski definition) is 4. The summed E-state index contributed by atoms with van der Waals surface area (Å²) < 4.78 is 4.76. The first kappa shape index (κ1) is 14.7. The van der Waals surface area contributed by atoms with Crippen molar-refractivity contribution in [2.75, 3.05) is 12.9 Å². The summed E-state index contributed by atoms with van der Waals surface area (Å²) >= 11 is 1.73. The topological polar surface area (TPSA) is 46.6 Å². The fraction of sp³-hybridized carbons (Fsp3) is 0.636. The van der Waals surface area contributed by atoms with Gasteiger partial charge in [0, 0.05) is 24.3 Å². The van der Waals surface area contributed by atoms with Crippen LogP contribution in [0.25, 0.3) is 0 Å². The van der Waals surface area contributed by atoms with Crippen LogP contribution in [0.3, 0.4) is 0 Å². The van der Waals surface area contributed by atoms with E-state index in [-0.39, 0.29) is 41.7 Å². The summed E-state index contributed by atoms with van der Waals surface area (Å²) in [5.74, 6) is 0.480. The second-order valence-corrected chi connectivity index (χ2v) is 5.10. The molecule has 0 aromatic carbocycles. The molecule has 0 saturated carbocycles. The predicted octanol–water partition coefficient (Wildman–Crippen LogP) is 1.37. The number of esters is 1. The average Bonchev–Trinajstić information content (AvgIpc) is 2.34. The van der Waals surface area contributed by atoms with Crippen LogP contribution in [-0.2, 0) is 32.9 Å². The summed E-state index contributed by atoms with van der Waals surface area (Å²) in [5.41, 5.74) is 1.49. The van der Waals surface area contributed by atoms with Gasteiger partial charge in [0.15, 0.2) is 0 Å². The van der Waals surface area contributed by atoms with Crippen molar-refractivity contribution in [1.29, 1.82) is 0 Å². The molecule has 2 rings (SSSR count). The van der Waals surface area contributed by atoms with E-state index in [2.05, 4.69) is 0 Å². The van der Waals surface area contributed by atoms with E-state index >= 15 is 0 Å². The molecule has 0 aromatic heterocycles. The molecule has 0 bridgehead atoms. The van der Waals surface area contributed by atoms with Crippen molar-refractivity contribution in [3.8, 4) is 0 Å². The van der Waals surface area contributed by atoms with E-state index in [0.717, 1.165) is 17.7 Å². The molecule has 0 spiro atoms. The van der Waals surface area contributed by atoms with Crippen LogP contribution < -0.4 is 0 Å². The van der Waals surface area contributed by atoms with E-state index in [0.29, 0.717) is 5.70 Å². The van der Waals surface area contributed by atoms with Gasteiger partial charge in [0.25, 0.3) is 0 Å². The molecule has 2 unspecified atom stereocenters. The first-order valence-corrected chi connectivity index (χ1v) is 6.41. The first-order chi connectivity index (χ1) is 7.61. The van der Waals surface area contributed by atoms with Gasteiger partial charge in [0.05, 0.1) is 18.4 Å². The Balaban J connectivity index is 0.00000144.